The van der Waals surface area contributed by atoms with Crippen molar-refractivity contribution in [3.05, 3.63) is 89.4 Å². The monoisotopic (exact) mass is 585 g/mol. The maximum atomic E-state index is 15.0. The van der Waals surface area contributed by atoms with E-state index in [4.69, 9.17) is 4.74 Å². The zero-order chi connectivity index (χ0) is 29.4. The molecule has 2 aromatic heterocycles. The molecule has 3 amide bonds. The first kappa shape index (κ1) is 27.1. The summed E-state index contributed by atoms with van der Waals surface area (Å²) in [6.07, 6.45) is 1.24. The summed E-state index contributed by atoms with van der Waals surface area (Å²) in [6.45, 7) is 0.848. The molecule has 1 aliphatic rings. The Balaban J connectivity index is 1.18. The number of methoxy groups -OCH3 is 1. The van der Waals surface area contributed by atoms with Crippen molar-refractivity contribution in [3.8, 4) is 5.75 Å². The van der Waals surface area contributed by atoms with E-state index in [1.54, 1.807) is 54.5 Å². The quantitative estimate of drug-likeness (QED) is 0.226. The topological polar surface area (TPSA) is 125 Å². The van der Waals surface area contributed by atoms with E-state index in [0.29, 0.717) is 22.0 Å². The van der Waals surface area contributed by atoms with Crippen molar-refractivity contribution in [1.29, 1.82) is 0 Å². The average molecular weight is 586 g/mol. The van der Waals surface area contributed by atoms with Crippen molar-refractivity contribution >= 4 is 61.1 Å². The predicted octanol–water partition coefficient (Wildman–Crippen LogP) is 4.34. The summed E-state index contributed by atoms with van der Waals surface area (Å²) in [7, 11) is 1.56. The van der Waals surface area contributed by atoms with Crippen LogP contribution in [0.5, 0.6) is 5.75 Å². The van der Waals surface area contributed by atoms with Gasteiger partial charge < -0.3 is 19.5 Å². The molecule has 42 heavy (non-hydrogen) atoms. The number of nitrogens with one attached hydrogen (secondary N) is 2. The minimum atomic E-state index is -0.902. The molecule has 12 heteroatoms. The number of thiazole rings is 1. The molecule has 212 valence electrons. The Labute approximate surface area is 242 Å². The van der Waals surface area contributed by atoms with Gasteiger partial charge in [-0.2, -0.15) is 0 Å². The number of fused-ring (bicyclic) bond motifs is 2. The van der Waals surface area contributed by atoms with Crippen molar-refractivity contribution in [3.63, 3.8) is 0 Å². The SMILES string of the molecule is COc1ccc2nc(NC(=O)c3ccc(F)c4c(C(=O)C(=O)N5CCN(C(=O)c6ccccc6)CC5)c[nH]c34)sc2c1. The van der Waals surface area contributed by atoms with Gasteiger partial charge in [-0.1, -0.05) is 29.5 Å². The van der Waals surface area contributed by atoms with E-state index in [0.717, 1.165) is 10.8 Å². The number of benzene rings is 3. The van der Waals surface area contributed by atoms with Gasteiger partial charge in [0, 0.05) is 43.3 Å². The van der Waals surface area contributed by atoms with Crippen LogP contribution in [0.4, 0.5) is 9.52 Å². The van der Waals surface area contributed by atoms with Crippen molar-refractivity contribution in [2.24, 2.45) is 0 Å². The van der Waals surface area contributed by atoms with Gasteiger partial charge in [0.1, 0.15) is 11.6 Å². The molecule has 0 spiro atoms. The molecule has 5 aromatic rings. The molecule has 0 aliphatic carbocycles. The fraction of sp³-hybridized carbons (Fsp3) is 0.167. The molecule has 3 aromatic carbocycles. The summed E-state index contributed by atoms with van der Waals surface area (Å²) < 4.78 is 21.1. The molecular weight excluding hydrogens is 561 g/mol. The minimum absolute atomic E-state index is 0.0859. The van der Waals surface area contributed by atoms with Crippen LogP contribution < -0.4 is 10.1 Å². The van der Waals surface area contributed by atoms with Crippen LogP contribution in [-0.4, -0.2) is 76.6 Å². The van der Waals surface area contributed by atoms with Gasteiger partial charge in [0.25, 0.3) is 23.5 Å². The highest BCUT2D eigenvalue weighted by Gasteiger charge is 2.31. The fourth-order valence-electron chi connectivity index (χ4n) is 4.96. The average Bonchev–Trinajstić information content (AvgIpc) is 3.65. The summed E-state index contributed by atoms with van der Waals surface area (Å²) in [4.78, 5) is 62.5. The summed E-state index contributed by atoms with van der Waals surface area (Å²) in [6, 6.07) is 16.6. The van der Waals surface area contributed by atoms with Gasteiger partial charge in [-0.25, -0.2) is 9.37 Å². The van der Waals surface area contributed by atoms with Crippen LogP contribution in [-0.2, 0) is 4.79 Å². The highest BCUT2D eigenvalue weighted by Crippen LogP contribution is 2.31. The minimum Gasteiger partial charge on any atom is -0.497 e. The lowest BCUT2D eigenvalue weighted by molar-refractivity contribution is -0.127. The number of nitrogens with zero attached hydrogens (tertiary/aromatic N) is 3. The number of Topliss-reactive ketones (excluding diaryl/α,β-unsaturated/α-hetero) is 1. The van der Waals surface area contributed by atoms with Crippen molar-refractivity contribution in [2.75, 3.05) is 38.6 Å². The molecule has 6 rings (SSSR count). The lowest BCUT2D eigenvalue weighted by Gasteiger charge is -2.34. The van der Waals surface area contributed by atoms with Gasteiger partial charge in [-0.05, 0) is 42.5 Å². The third-order valence-corrected chi connectivity index (χ3v) is 8.09. The van der Waals surface area contributed by atoms with Gasteiger partial charge in [0.2, 0.25) is 0 Å². The number of rotatable bonds is 6. The molecule has 1 fully saturated rings. The van der Waals surface area contributed by atoms with Gasteiger partial charge in [-0.15, -0.1) is 0 Å². The standard InChI is InChI=1S/C30H24FN5O5S/c1-41-18-7-10-22-23(15-18)42-30(33-22)34-27(38)19-8-9-21(31)24-20(16-32-25(19)24)26(37)29(40)36-13-11-35(12-14-36)28(39)17-5-3-2-4-6-17/h2-10,15-16,32H,11-14H2,1H3,(H,33,34,38). The number of H-pyrrole nitrogens is 1. The van der Waals surface area contributed by atoms with Crippen molar-refractivity contribution in [2.45, 2.75) is 0 Å². The lowest BCUT2D eigenvalue weighted by Crippen LogP contribution is -2.52. The van der Waals surface area contributed by atoms with Crippen LogP contribution in [0.15, 0.2) is 66.9 Å². The molecule has 0 bridgehead atoms. The number of aromatic amines is 1. The number of hydrogen-bond acceptors (Lipinski definition) is 7. The van der Waals surface area contributed by atoms with Crippen LogP contribution in [0.1, 0.15) is 31.1 Å². The number of ether oxygens (including phenoxy) is 1. The number of piperazine rings is 1. The summed E-state index contributed by atoms with van der Waals surface area (Å²) >= 11 is 1.25. The number of carbonyl (C=O) groups excluding carboxylic acids is 4. The summed E-state index contributed by atoms with van der Waals surface area (Å²) in [5.74, 6) is -2.50. The van der Waals surface area contributed by atoms with E-state index >= 15 is 4.39 Å². The Kier molecular flexibility index (Phi) is 7.13. The molecule has 0 radical (unpaired) electrons. The van der Waals surface area contributed by atoms with E-state index in [-0.39, 0.29) is 54.1 Å². The Morgan fingerprint density at radius 3 is 2.43 bits per heavy atom. The van der Waals surface area contributed by atoms with Gasteiger partial charge >= 0.3 is 0 Å². The van der Waals surface area contributed by atoms with Crippen LogP contribution >= 0.6 is 11.3 Å². The number of ketones is 1. The Morgan fingerprint density at radius 2 is 1.69 bits per heavy atom. The maximum absolute atomic E-state index is 15.0. The Bertz CT molecular complexity index is 1860. The molecule has 10 nitrogen and oxygen atoms in total. The smallest absolute Gasteiger partial charge is 0.295 e. The third-order valence-electron chi connectivity index (χ3n) is 7.16. The molecule has 0 unspecified atom stereocenters. The number of anilines is 1. The van der Waals surface area contributed by atoms with Crippen LogP contribution in [0, 0.1) is 5.82 Å². The first-order valence-electron chi connectivity index (χ1n) is 13.1. The van der Waals surface area contributed by atoms with E-state index in [1.165, 1.54) is 28.5 Å². The number of amides is 3. The van der Waals surface area contributed by atoms with E-state index in [1.807, 2.05) is 6.07 Å². The lowest BCUT2D eigenvalue weighted by atomic mass is 10.0. The number of aromatic nitrogens is 2. The van der Waals surface area contributed by atoms with Crippen LogP contribution in [0.3, 0.4) is 0 Å². The Morgan fingerprint density at radius 1 is 0.952 bits per heavy atom. The van der Waals surface area contributed by atoms with E-state index in [9.17, 15) is 19.2 Å². The largest absolute Gasteiger partial charge is 0.497 e. The second kappa shape index (κ2) is 11.1. The van der Waals surface area contributed by atoms with Gasteiger partial charge in [0.05, 0.1) is 34.0 Å². The molecule has 0 saturated carbocycles. The molecule has 2 N–H and O–H groups in total. The first-order chi connectivity index (χ1) is 20.3. The summed E-state index contributed by atoms with van der Waals surface area (Å²) in [5, 5.41) is 2.92. The van der Waals surface area contributed by atoms with E-state index in [2.05, 4.69) is 15.3 Å². The van der Waals surface area contributed by atoms with Gasteiger partial charge in [0.15, 0.2) is 5.13 Å². The van der Waals surface area contributed by atoms with Crippen molar-refractivity contribution in [1.82, 2.24) is 19.8 Å². The summed E-state index contributed by atoms with van der Waals surface area (Å²) in [5.41, 5.74) is 1.23. The van der Waals surface area contributed by atoms with Crippen molar-refractivity contribution < 1.29 is 28.3 Å². The maximum Gasteiger partial charge on any atom is 0.295 e. The Hall–Kier alpha value is -5.10. The fourth-order valence-corrected chi connectivity index (χ4v) is 5.85. The van der Waals surface area contributed by atoms with Crippen LogP contribution in [0.2, 0.25) is 0 Å². The first-order valence-corrected chi connectivity index (χ1v) is 13.9. The highest BCUT2D eigenvalue weighted by atomic mass is 32.1. The number of hydrogen-bond donors (Lipinski definition) is 2. The second-order valence-electron chi connectivity index (χ2n) is 9.63. The van der Waals surface area contributed by atoms with Crippen LogP contribution in [0.25, 0.3) is 21.1 Å². The predicted molar refractivity (Wildman–Crippen MR) is 156 cm³/mol. The highest BCUT2D eigenvalue weighted by molar-refractivity contribution is 7.22. The molecule has 3 heterocycles. The second-order valence-corrected chi connectivity index (χ2v) is 10.7. The van der Waals surface area contributed by atoms with E-state index < -0.39 is 23.4 Å². The molecule has 1 saturated heterocycles. The number of carbonyl (C=O) groups is 4. The number of halogens is 1. The van der Waals surface area contributed by atoms with Gasteiger partial charge in [-0.3, -0.25) is 24.5 Å². The normalized spacial score (nSPS) is 13.4. The zero-order valence-corrected chi connectivity index (χ0v) is 23.2. The molecule has 0 atom stereocenters. The molecular formula is C30H24FN5O5S. The molecule has 1 aliphatic heterocycles. The third kappa shape index (κ3) is 4.96. The zero-order valence-electron chi connectivity index (χ0n) is 22.3.